The zero-order valence-electron chi connectivity index (χ0n) is 13.0. The topological polar surface area (TPSA) is 74.7 Å². The molecule has 2 atom stereocenters. The lowest BCUT2D eigenvalue weighted by atomic mass is 9.92. The quantitative estimate of drug-likeness (QED) is 0.816. The zero-order valence-corrected chi connectivity index (χ0v) is 13.8. The molecule has 6 heteroatoms. The van der Waals surface area contributed by atoms with E-state index in [0.717, 1.165) is 31.4 Å². The second-order valence-electron chi connectivity index (χ2n) is 5.93. The largest absolute Gasteiger partial charge is 0.340 e. The Kier molecular flexibility index (Phi) is 5.24. The van der Waals surface area contributed by atoms with Gasteiger partial charge in [0.25, 0.3) is 10.1 Å². The lowest BCUT2D eigenvalue weighted by Gasteiger charge is -2.29. The van der Waals surface area contributed by atoms with E-state index in [4.69, 9.17) is 4.55 Å². The molecule has 5 nitrogen and oxygen atoms in total. The predicted molar refractivity (Wildman–Crippen MR) is 84.3 cm³/mol. The molecule has 0 aromatic heterocycles. The number of hydrogen-bond acceptors (Lipinski definition) is 3. The Labute approximate surface area is 132 Å². The summed E-state index contributed by atoms with van der Waals surface area (Å²) in [5, 5.41) is 0. The molecule has 1 saturated heterocycles. The van der Waals surface area contributed by atoms with Crippen LogP contribution in [-0.4, -0.2) is 36.4 Å². The van der Waals surface area contributed by atoms with Crippen molar-refractivity contribution in [2.24, 2.45) is 0 Å². The van der Waals surface area contributed by atoms with Crippen LogP contribution in [-0.2, 0) is 14.9 Å². The Morgan fingerprint density at radius 1 is 1.27 bits per heavy atom. The normalized spacial score (nSPS) is 18.5. The summed E-state index contributed by atoms with van der Waals surface area (Å²) < 4.78 is 31.1. The van der Waals surface area contributed by atoms with Crippen LogP contribution >= 0.6 is 0 Å². The van der Waals surface area contributed by atoms with Crippen molar-refractivity contribution in [3.63, 3.8) is 0 Å². The van der Waals surface area contributed by atoms with Crippen LogP contribution < -0.4 is 0 Å². The van der Waals surface area contributed by atoms with E-state index >= 15 is 0 Å². The van der Waals surface area contributed by atoms with Crippen molar-refractivity contribution < 1.29 is 17.8 Å². The number of nitrogens with zero attached hydrogens (tertiary/aromatic N) is 1. The predicted octanol–water partition coefficient (Wildman–Crippen LogP) is 2.83. The number of likely N-dealkylation sites (tertiary alicyclic amines) is 1. The molecule has 2 unspecified atom stereocenters. The molecule has 1 aromatic rings. The van der Waals surface area contributed by atoms with Gasteiger partial charge in [-0.05, 0) is 42.9 Å². The highest BCUT2D eigenvalue weighted by atomic mass is 32.2. The van der Waals surface area contributed by atoms with Gasteiger partial charge in [0, 0.05) is 19.0 Å². The van der Waals surface area contributed by atoms with E-state index in [1.54, 1.807) is 12.1 Å². The number of benzene rings is 1. The SMILES string of the molecule is CCC(CC(C)c1ccc(S(=O)(=O)O)cc1)N1CCCC1=O. The summed E-state index contributed by atoms with van der Waals surface area (Å²) >= 11 is 0. The average Bonchev–Trinajstić information content (AvgIpc) is 2.90. The van der Waals surface area contributed by atoms with Crippen molar-refractivity contribution in [3.8, 4) is 0 Å². The standard InChI is InChI=1S/C16H23NO4S/c1-3-14(17-10-4-5-16(17)18)11-12(2)13-6-8-15(9-7-13)22(19,20)21/h6-9,12,14H,3-5,10-11H2,1-2H3,(H,19,20,21). The van der Waals surface area contributed by atoms with Gasteiger partial charge in [-0.1, -0.05) is 26.0 Å². The van der Waals surface area contributed by atoms with Crippen molar-refractivity contribution in [2.75, 3.05) is 6.54 Å². The summed E-state index contributed by atoms with van der Waals surface area (Å²) in [6, 6.07) is 6.52. The van der Waals surface area contributed by atoms with E-state index in [0.29, 0.717) is 6.42 Å². The Morgan fingerprint density at radius 3 is 2.36 bits per heavy atom. The number of amides is 1. The van der Waals surface area contributed by atoms with Gasteiger partial charge in [0.1, 0.15) is 0 Å². The van der Waals surface area contributed by atoms with Crippen LogP contribution in [0.25, 0.3) is 0 Å². The van der Waals surface area contributed by atoms with E-state index in [9.17, 15) is 13.2 Å². The molecule has 2 rings (SSSR count). The molecule has 1 aliphatic rings. The molecule has 1 heterocycles. The molecular formula is C16H23NO4S. The summed E-state index contributed by atoms with van der Waals surface area (Å²) in [7, 11) is -4.15. The molecule has 0 bridgehead atoms. The first kappa shape index (κ1) is 17.0. The van der Waals surface area contributed by atoms with Crippen LogP contribution in [0.15, 0.2) is 29.2 Å². The third kappa shape index (κ3) is 3.87. The van der Waals surface area contributed by atoms with Crippen LogP contribution in [0, 0.1) is 0 Å². The fourth-order valence-corrected chi connectivity index (χ4v) is 3.56. The van der Waals surface area contributed by atoms with Crippen molar-refractivity contribution in [1.29, 1.82) is 0 Å². The fraction of sp³-hybridized carbons (Fsp3) is 0.562. The van der Waals surface area contributed by atoms with Crippen molar-refractivity contribution in [2.45, 2.75) is 56.4 Å². The lowest BCUT2D eigenvalue weighted by Crippen LogP contribution is -2.36. The van der Waals surface area contributed by atoms with Gasteiger partial charge in [-0.15, -0.1) is 0 Å². The second kappa shape index (κ2) is 6.79. The Balaban J connectivity index is 2.07. The van der Waals surface area contributed by atoms with E-state index in [2.05, 4.69) is 13.8 Å². The first-order chi connectivity index (χ1) is 10.3. The first-order valence-corrected chi connectivity index (χ1v) is 9.14. The highest BCUT2D eigenvalue weighted by Gasteiger charge is 2.28. The molecule has 0 aliphatic carbocycles. The third-order valence-corrected chi connectivity index (χ3v) is 5.26. The van der Waals surface area contributed by atoms with Gasteiger partial charge in [0.2, 0.25) is 5.91 Å². The average molecular weight is 325 g/mol. The fourth-order valence-electron chi connectivity index (χ4n) is 3.08. The molecule has 0 radical (unpaired) electrons. The summed E-state index contributed by atoms with van der Waals surface area (Å²) in [5.41, 5.74) is 1.01. The molecule has 0 saturated carbocycles. The minimum atomic E-state index is -4.15. The van der Waals surface area contributed by atoms with Crippen LogP contribution in [0.5, 0.6) is 0 Å². The molecule has 0 spiro atoms. The van der Waals surface area contributed by atoms with E-state index in [1.807, 2.05) is 4.90 Å². The van der Waals surface area contributed by atoms with Gasteiger partial charge < -0.3 is 4.90 Å². The van der Waals surface area contributed by atoms with Gasteiger partial charge >= 0.3 is 0 Å². The molecule has 22 heavy (non-hydrogen) atoms. The molecule has 1 N–H and O–H groups in total. The summed E-state index contributed by atoms with van der Waals surface area (Å²) in [4.78, 5) is 13.8. The maximum atomic E-state index is 11.9. The molecule has 1 fully saturated rings. The van der Waals surface area contributed by atoms with Crippen molar-refractivity contribution in [3.05, 3.63) is 29.8 Å². The number of rotatable bonds is 6. The van der Waals surface area contributed by atoms with Gasteiger partial charge in [0.15, 0.2) is 0 Å². The zero-order chi connectivity index (χ0) is 16.3. The molecular weight excluding hydrogens is 302 g/mol. The number of carbonyl (C=O) groups excluding carboxylic acids is 1. The van der Waals surface area contributed by atoms with Crippen molar-refractivity contribution in [1.82, 2.24) is 4.90 Å². The molecule has 1 amide bonds. The van der Waals surface area contributed by atoms with Gasteiger partial charge in [0.05, 0.1) is 4.90 Å². The molecule has 1 aliphatic heterocycles. The van der Waals surface area contributed by atoms with E-state index in [1.165, 1.54) is 12.1 Å². The van der Waals surface area contributed by atoms with Crippen molar-refractivity contribution >= 4 is 16.0 Å². The smallest absolute Gasteiger partial charge is 0.294 e. The Bertz CT molecular complexity index is 624. The lowest BCUT2D eigenvalue weighted by molar-refractivity contribution is -0.129. The van der Waals surface area contributed by atoms with Crippen LogP contribution in [0.1, 0.15) is 51.0 Å². The monoisotopic (exact) mass is 325 g/mol. The van der Waals surface area contributed by atoms with Gasteiger partial charge in [-0.25, -0.2) is 0 Å². The van der Waals surface area contributed by atoms with E-state index < -0.39 is 10.1 Å². The highest BCUT2D eigenvalue weighted by molar-refractivity contribution is 7.85. The number of hydrogen-bond donors (Lipinski definition) is 1. The van der Waals surface area contributed by atoms with Crippen LogP contribution in [0.2, 0.25) is 0 Å². The van der Waals surface area contributed by atoms with Gasteiger partial charge in [-0.3, -0.25) is 9.35 Å². The Morgan fingerprint density at radius 2 is 1.91 bits per heavy atom. The van der Waals surface area contributed by atoms with E-state index in [-0.39, 0.29) is 22.8 Å². The second-order valence-corrected chi connectivity index (χ2v) is 7.36. The summed E-state index contributed by atoms with van der Waals surface area (Å²) in [5.74, 6) is 0.453. The molecule has 1 aromatic carbocycles. The highest BCUT2D eigenvalue weighted by Crippen LogP contribution is 2.27. The summed E-state index contributed by atoms with van der Waals surface area (Å²) in [6.45, 7) is 5.00. The Hall–Kier alpha value is -1.40. The maximum absolute atomic E-state index is 11.9. The summed E-state index contributed by atoms with van der Waals surface area (Å²) in [6.07, 6.45) is 3.35. The molecule has 122 valence electrons. The maximum Gasteiger partial charge on any atom is 0.294 e. The third-order valence-electron chi connectivity index (χ3n) is 4.39. The van der Waals surface area contributed by atoms with Gasteiger partial charge in [-0.2, -0.15) is 8.42 Å². The minimum absolute atomic E-state index is 0.0924. The first-order valence-electron chi connectivity index (χ1n) is 7.69. The van der Waals surface area contributed by atoms with Crippen LogP contribution in [0.4, 0.5) is 0 Å². The van der Waals surface area contributed by atoms with Crippen LogP contribution in [0.3, 0.4) is 0 Å². The number of carbonyl (C=O) groups is 1. The minimum Gasteiger partial charge on any atom is -0.340 e.